The Kier molecular flexibility index (Phi) is 6.81. The number of ketones is 1. The zero-order chi connectivity index (χ0) is 28.7. The predicted octanol–water partition coefficient (Wildman–Crippen LogP) is 2.46. The summed E-state index contributed by atoms with van der Waals surface area (Å²) in [5.74, 6) is -4.84. The van der Waals surface area contributed by atoms with Gasteiger partial charge in [-0.1, -0.05) is 33.8 Å². The largest absolute Gasteiger partial charge is 0.491 e. The van der Waals surface area contributed by atoms with E-state index < -0.39 is 65.3 Å². The molecule has 4 N–H and O–H groups in total. The molecule has 0 amide bonds. The molecule has 8 nitrogen and oxygen atoms in total. The third kappa shape index (κ3) is 3.93. The van der Waals surface area contributed by atoms with Crippen LogP contribution in [-0.4, -0.2) is 57.5 Å². The van der Waals surface area contributed by atoms with Gasteiger partial charge in [-0.25, -0.2) is 9.18 Å². The van der Waals surface area contributed by atoms with Crippen LogP contribution in [0.5, 0.6) is 5.75 Å². The van der Waals surface area contributed by atoms with Crippen molar-refractivity contribution in [3.8, 4) is 5.75 Å². The molecule has 10 atom stereocenters. The number of carbonyl (C=O) groups is 2. The number of ether oxygens (including phenoxy) is 1. The Hall–Kier alpha value is -2.27. The number of aliphatic hydroxyl groups excluding tert-OH is 2. The average molecular weight is 544 g/mol. The number of hydrogen-bond acceptors (Lipinski definition) is 7. The lowest BCUT2D eigenvalue weighted by Crippen LogP contribution is -2.63. The van der Waals surface area contributed by atoms with Gasteiger partial charge in [0.1, 0.15) is 6.10 Å². The minimum Gasteiger partial charge on any atom is -0.478 e. The fraction of sp³-hybridized carbons (Fsp3) is 0.655. The first-order chi connectivity index (χ1) is 18.2. The van der Waals surface area contributed by atoms with Crippen LogP contribution in [0.3, 0.4) is 0 Å². The fourth-order valence-corrected chi connectivity index (χ4v) is 8.66. The third-order valence-electron chi connectivity index (χ3n) is 11.2. The molecule has 39 heavy (non-hydrogen) atoms. The second kappa shape index (κ2) is 9.40. The normalized spacial score (nSPS) is 42.3. The van der Waals surface area contributed by atoms with Gasteiger partial charge >= 0.3 is 13.1 Å². The van der Waals surface area contributed by atoms with Crippen molar-refractivity contribution in [2.75, 3.05) is 0 Å². The Morgan fingerprint density at radius 1 is 1.28 bits per heavy atom. The summed E-state index contributed by atoms with van der Waals surface area (Å²) in [7, 11) is -1.28. The zero-order valence-corrected chi connectivity index (χ0v) is 22.9. The van der Waals surface area contributed by atoms with E-state index in [0.717, 1.165) is 0 Å². The molecular formula is C29H38BFO8. The molecule has 0 aromatic heterocycles. The van der Waals surface area contributed by atoms with Crippen LogP contribution >= 0.6 is 0 Å². The van der Waals surface area contributed by atoms with E-state index >= 15 is 4.39 Å². The quantitative estimate of drug-likeness (QED) is 0.328. The van der Waals surface area contributed by atoms with Gasteiger partial charge in [0, 0.05) is 17.3 Å². The van der Waals surface area contributed by atoms with Crippen molar-refractivity contribution in [3.63, 3.8) is 0 Å². The van der Waals surface area contributed by atoms with Crippen LogP contribution in [0, 0.1) is 45.7 Å². The highest BCUT2D eigenvalue weighted by Crippen LogP contribution is 2.69. The first-order valence-electron chi connectivity index (χ1n) is 13.8. The first-order valence-corrected chi connectivity index (χ1v) is 13.8. The van der Waals surface area contributed by atoms with Gasteiger partial charge < -0.3 is 29.7 Å². The number of carboxylic acid groups (broad SMARTS) is 1. The Labute approximate surface area is 228 Å². The highest BCUT2D eigenvalue weighted by molar-refractivity contribution is 6.61. The summed E-state index contributed by atoms with van der Waals surface area (Å²) >= 11 is 0. The van der Waals surface area contributed by atoms with Crippen LogP contribution in [0.1, 0.15) is 58.9 Å². The molecule has 1 aliphatic heterocycles. The van der Waals surface area contributed by atoms with Gasteiger partial charge in [-0.05, 0) is 71.5 Å². The number of aliphatic carboxylic acids is 1. The maximum absolute atomic E-state index is 15.2. The molecule has 3 fully saturated rings. The van der Waals surface area contributed by atoms with E-state index in [1.807, 2.05) is 27.7 Å². The topological polar surface area (TPSA) is 134 Å². The molecule has 0 spiro atoms. The van der Waals surface area contributed by atoms with E-state index in [4.69, 9.17) is 9.39 Å². The number of halogens is 1. The van der Waals surface area contributed by atoms with E-state index in [-0.39, 0.29) is 42.8 Å². The monoisotopic (exact) mass is 544 g/mol. The smallest absolute Gasteiger partial charge is 0.478 e. The summed E-state index contributed by atoms with van der Waals surface area (Å²) in [6.07, 6.45) is -0.513. The molecule has 10 heteroatoms. The minimum absolute atomic E-state index is 0.0240. The number of benzene rings is 1. The standard InChI is InChI=1S/C29H38BFO8/c1-6-27(4)11-17(23(26(35)36)39-21-10-18-16(9-19(21)31)13-38-30(18)37)28(5)14(2)7-8-29(15(3)25(27)34)12-20(32)22(33)24(28)29/h6,9-10,14-15,17,20,23-25,32,34,37H,1,7-8,11-13H2,2-5H3,(H,35,36)/t14-,15+,17+,20+,23?,24+,25+,27-,28-,29+/m1/s1. The van der Waals surface area contributed by atoms with Crippen molar-refractivity contribution in [2.45, 2.75) is 78.3 Å². The van der Waals surface area contributed by atoms with Crippen molar-refractivity contribution in [3.05, 3.63) is 36.2 Å². The van der Waals surface area contributed by atoms with Gasteiger partial charge in [-0.2, -0.15) is 0 Å². The first kappa shape index (κ1) is 28.3. The molecule has 1 heterocycles. The highest BCUT2D eigenvalue weighted by atomic mass is 19.1. The van der Waals surface area contributed by atoms with Crippen molar-refractivity contribution < 1.29 is 43.7 Å². The Morgan fingerprint density at radius 2 is 1.97 bits per heavy atom. The molecule has 1 aromatic rings. The number of rotatable bonds is 5. The zero-order valence-electron chi connectivity index (χ0n) is 22.9. The fourth-order valence-electron chi connectivity index (χ4n) is 8.66. The molecule has 1 aromatic carbocycles. The van der Waals surface area contributed by atoms with Crippen LogP contribution in [0.2, 0.25) is 0 Å². The summed E-state index contributed by atoms with van der Waals surface area (Å²) in [6.45, 7) is 11.6. The highest BCUT2D eigenvalue weighted by Gasteiger charge is 2.70. The van der Waals surface area contributed by atoms with Gasteiger partial charge in [0.05, 0.1) is 12.7 Å². The summed E-state index contributed by atoms with van der Waals surface area (Å²) in [5.41, 5.74) is -1.88. The van der Waals surface area contributed by atoms with E-state index in [0.29, 0.717) is 23.9 Å². The third-order valence-corrected chi connectivity index (χ3v) is 11.2. The van der Waals surface area contributed by atoms with Gasteiger partial charge in [0.15, 0.2) is 23.5 Å². The van der Waals surface area contributed by atoms with Gasteiger partial charge in [-0.15, -0.1) is 6.58 Å². The number of carbonyl (C=O) groups excluding carboxylic acids is 1. The van der Waals surface area contributed by atoms with E-state index in [9.17, 15) is 29.9 Å². The van der Waals surface area contributed by atoms with Crippen LogP contribution in [0.15, 0.2) is 24.8 Å². The summed E-state index contributed by atoms with van der Waals surface area (Å²) < 4.78 is 26.4. The van der Waals surface area contributed by atoms with Crippen LogP contribution in [0.4, 0.5) is 4.39 Å². The molecule has 3 aliphatic carbocycles. The minimum atomic E-state index is -1.59. The molecule has 0 radical (unpaired) electrons. The number of hydrogen-bond donors (Lipinski definition) is 4. The summed E-state index contributed by atoms with van der Waals surface area (Å²) in [5, 5.41) is 43.3. The number of fused-ring (bicyclic) bond motifs is 1. The Bertz CT molecular complexity index is 1210. The maximum Gasteiger partial charge on any atom is 0.491 e. The lowest BCUT2D eigenvalue weighted by Gasteiger charge is -2.62. The van der Waals surface area contributed by atoms with E-state index in [1.54, 1.807) is 6.08 Å². The van der Waals surface area contributed by atoms with Gasteiger partial charge in [0.25, 0.3) is 0 Å². The molecule has 1 unspecified atom stereocenters. The van der Waals surface area contributed by atoms with Gasteiger partial charge in [-0.3, -0.25) is 4.79 Å². The molecule has 2 bridgehead atoms. The maximum atomic E-state index is 15.2. The second-order valence-electron chi connectivity index (χ2n) is 12.9. The molecular weight excluding hydrogens is 506 g/mol. The SMILES string of the molecule is C=C[C@]1(C)C[C@@H](C(Oc2cc3c(cc2F)COB3O)C(=O)O)[C@@]2(C)[C@H](C)CC[C@]3(C[C@H](O)C(=O)[C@H]32)[C@@H](C)[C@@H]1O. The van der Waals surface area contributed by atoms with Crippen LogP contribution in [0.25, 0.3) is 0 Å². The molecule has 5 rings (SSSR count). The van der Waals surface area contributed by atoms with Crippen molar-refractivity contribution >= 4 is 24.3 Å². The van der Waals surface area contributed by atoms with Gasteiger partial charge in [0.2, 0.25) is 0 Å². The lowest BCUT2D eigenvalue weighted by atomic mass is 9.41. The Balaban J connectivity index is 1.68. The molecule has 4 aliphatic rings. The summed E-state index contributed by atoms with van der Waals surface area (Å²) in [4.78, 5) is 26.7. The van der Waals surface area contributed by atoms with E-state index in [2.05, 4.69) is 6.58 Å². The second-order valence-corrected chi connectivity index (χ2v) is 12.9. The lowest BCUT2D eigenvalue weighted by molar-refractivity contribution is -0.193. The van der Waals surface area contributed by atoms with Crippen molar-refractivity contribution in [1.82, 2.24) is 0 Å². The Morgan fingerprint density at radius 3 is 2.62 bits per heavy atom. The molecule has 0 saturated heterocycles. The van der Waals surface area contributed by atoms with Crippen LogP contribution < -0.4 is 10.2 Å². The molecule has 3 saturated carbocycles. The number of aliphatic hydroxyl groups is 2. The molecule has 212 valence electrons. The number of Topliss-reactive ketones (excluding diaryl/α,β-unsaturated/α-hetero) is 1. The van der Waals surface area contributed by atoms with E-state index in [1.165, 1.54) is 12.1 Å². The summed E-state index contributed by atoms with van der Waals surface area (Å²) in [6, 6.07) is 2.44. The number of carboxylic acids is 1. The average Bonchev–Trinajstić information content (AvgIpc) is 3.38. The van der Waals surface area contributed by atoms with Crippen molar-refractivity contribution in [1.29, 1.82) is 0 Å². The van der Waals surface area contributed by atoms with Crippen LogP contribution in [-0.2, 0) is 20.9 Å². The predicted molar refractivity (Wildman–Crippen MR) is 140 cm³/mol. The van der Waals surface area contributed by atoms with Crippen molar-refractivity contribution in [2.24, 2.45) is 39.9 Å².